The maximum atomic E-state index is 2.72. The molecule has 0 bridgehead atoms. The van der Waals surface area contributed by atoms with E-state index in [0.29, 0.717) is 0 Å². The molecular weight excluding hydrogens is 984 g/mol. The van der Waals surface area contributed by atoms with Crippen LogP contribution in [-0.2, 0) is 21.7 Å². The van der Waals surface area contributed by atoms with Gasteiger partial charge in [-0.05, 0) is 176 Å². The lowest BCUT2D eigenvalue weighted by Gasteiger charge is -2.45. The Hall–Kier alpha value is -7.92. The molecular formula is C76H69BN2S. The van der Waals surface area contributed by atoms with E-state index in [-0.39, 0.29) is 28.4 Å². The molecule has 0 fully saturated rings. The molecule has 0 amide bonds. The third-order valence-electron chi connectivity index (χ3n) is 17.6. The van der Waals surface area contributed by atoms with E-state index in [1.165, 1.54) is 148 Å². The number of rotatable bonds is 5. The van der Waals surface area contributed by atoms with Gasteiger partial charge >= 0.3 is 0 Å². The number of thiophene rings is 1. The topological polar surface area (TPSA) is 6.48 Å². The highest BCUT2D eigenvalue weighted by molar-refractivity contribution is 7.33. The smallest absolute Gasteiger partial charge is 0.264 e. The maximum absolute atomic E-state index is 2.72. The maximum Gasteiger partial charge on any atom is 0.264 e. The lowest BCUT2D eigenvalue weighted by Crippen LogP contribution is -2.60. The molecule has 4 heteroatoms. The van der Waals surface area contributed by atoms with Gasteiger partial charge in [0.15, 0.2) is 0 Å². The minimum atomic E-state index is -0.196. The molecule has 0 atom stereocenters. The lowest BCUT2D eigenvalue weighted by molar-refractivity contribution is 0.590. The first-order valence-corrected chi connectivity index (χ1v) is 29.6. The molecule has 3 heterocycles. The van der Waals surface area contributed by atoms with Crippen LogP contribution in [0.4, 0.5) is 34.1 Å². The molecule has 14 rings (SSSR count). The first-order valence-electron chi connectivity index (χ1n) is 28.8. The van der Waals surface area contributed by atoms with Crippen molar-refractivity contribution in [2.75, 3.05) is 9.80 Å². The van der Waals surface area contributed by atoms with Crippen LogP contribution in [0.15, 0.2) is 200 Å². The molecule has 11 aromatic carbocycles. The highest BCUT2D eigenvalue weighted by atomic mass is 32.1. The fourth-order valence-corrected chi connectivity index (χ4v) is 14.4. The Bertz CT molecular complexity index is 4400. The van der Waals surface area contributed by atoms with Crippen LogP contribution in [0.1, 0.15) is 105 Å². The lowest BCUT2D eigenvalue weighted by atomic mass is 9.36. The highest BCUT2D eigenvalue weighted by Crippen LogP contribution is 2.54. The molecule has 2 aliphatic heterocycles. The molecule has 0 radical (unpaired) electrons. The van der Waals surface area contributed by atoms with Gasteiger partial charge < -0.3 is 9.80 Å². The van der Waals surface area contributed by atoms with Crippen molar-refractivity contribution in [1.29, 1.82) is 0 Å². The Kier molecular flexibility index (Phi) is 11.2. The van der Waals surface area contributed by atoms with Crippen molar-refractivity contribution >= 4 is 110 Å². The number of nitrogens with zero attached hydrogens (tertiary/aromatic N) is 2. The Morgan fingerprint density at radius 1 is 0.338 bits per heavy atom. The predicted octanol–water partition coefficient (Wildman–Crippen LogP) is 20.1. The standard InChI is InChI=1S/C76H69BN2S/c1-73(2,3)54-32-36-63(58(41-54)47-22-17-14-18-23-47)79-66-45-57(76(10,11)12)44-65-70(66)77(72-71(79)60-43-56(75(7,8)9)33-37-67(60)80-72)61-40-50(46-20-15-13-16-21-46)30-34-64(61)78(65)62-35-31-55(74(4,5)6)42-59(62)53-38-51-28-26-48-24-19-25-49-27-29-52(39-53)69(51)68(48)49/h13-45H,1-12H3. The average Bonchev–Trinajstić information content (AvgIpc) is 3.58. The fraction of sp³-hybridized carbons (Fsp3) is 0.211. The molecule has 0 aliphatic carbocycles. The minimum Gasteiger partial charge on any atom is -0.311 e. The molecule has 0 saturated carbocycles. The van der Waals surface area contributed by atoms with Crippen molar-refractivity contribution in [3.8, 4) is 33.4 Å². The van der Waals surface area contributed by atoms with Gasteiger partial charge in [-0.15, -0.1) is 11.3 Å². The summed E-state index contributed by atoms with van der Waals surface area (Å²) in [6, 6.07) is 77.6. The van der Waals surface area contributed by atoms with Gasteiger partial charge in [0.25, 0.3) is 6.71 Å². The van der Waals surface area contributed by atoms with E-state index < -0.39 is 0 Å². The van der Waals surface area contributed by atoms with Crippen LogP contribution in [0.3, 0.4) is 0 Å². The first-order chi connectivity index (χ1) is 38.2. The molecule has 80 heavy (non-hydrogen) atoms. The monoisotopic (exact) mass is 1050 g/mol. The van der Waals surface area contributed by atoms with E-state index in [4.69, 9.17) is 0 Å². The molecule has 0 spiro atoms. The van der Waals surface area contributed by atoms with Crippen molar-refractivity contribution < 1.29 is 0 Å². The van der Waals surface area contributed by atoms with E-state index in [1.807, 2.05) is 11.3 Å². The third kappa shape index (κ3) is 8.03. The van der Waals surface area contributed by atoms with Crippen LogP contribution >= 0.6 is 11.3 Å². The van der Waals surface area contributed by atoms with Gasteiger partial charge in [0, 0.05) is 43.1 Å². The number of hydrogen-bond donors (Lipinski definition) is 0. The van der Waals surface area contributed by atoms with Crippen LogP contribution in [0.2, 0.25) is 0 Å². The summed E-state index contributed by atoms with van der Waals surface area (Å²) >= 11 is 1.99. The normalized spacial score (nSPS) is 13.7. The molecule has 1 aromatic heterocycles. The molecule has 0 N–H and O–H groups in total. The zero-order chi connectivity index (χ0) is 55.4. The zero-order valence-corrected chi connectivity index (χ0v) is 49.2. The second-order valence-corrected chi connectivity index (χ2v) is 28.1. The van der Waals surface area contributed by atoms with Gasteiger partial charge in [0.1, 0.15) is 0 Å². The Balaban J connectivity index is 1.13. The Labute approximate surface area is 477 Å². The van der Waals surface area contributed by atoms with Crippen LogP contribution in [0, 0.1) is 0 Å². The van der Waals surface area contributed by atoms with Gasteiger partial charge in [-0.2, -0.15) is 0 Å². The van der Waals surface area contributed by atoms with Gasteiger partial charge in [0.05, 0.1) is 17.1 Å². The summed E-state index contributed by atoms with van der Waals surface area (Å²) < 4.78 is 2.69. The van der Waals surface area contributed by atoms with Gasteiger partial charge in [-0.25, -0.2) is 0 Å². The van der Waals surface area contributed by atoms with Crippen LogP contribution in [-0.4, -0.2) is 6.71 Å². The SMILES string of the molecule is CC(C)(C)c1ccc(N2c3ccc(-c4ccccc4)cc3B3c4sc5ccc(C(C)(C)C)cc5c4N(c4ccc(C(C)(C)C)cc4-c4ccccc4)c4cc(C(C)(C)C)cc2c43)c(-c2cc3ccc4cccc5ccc(c2)c3c45)c1. The summed E-state index contributed by atoms with van der Waals surface area (Å²) in [5.41, 5.74) is 22.2. The van der Waals surface area contributed by atoms with Crippen LogP contribution in [0.5, 0.6) is 0 Å². The summed E-state index contributed by atoms with van der Waals surface area (Å²) in [7, 11) is 0. The zero-order valence-electron chi connectivity index (χ0n) is 48.4. The van der Waals surface area contributed by atoms with Crippen molar-refractivity contribution in [3.63, 3.8) is 0 Å². The molecule has 0 unspecified atom stereocenters. The average molecular weight is 1050 g/mol. The van der Waals surface area contributed by atoms with Crippen molar-refractivity contribution in [2.45, 2.75) is 105 Å². The number of benzene rings is 11. The number of fused-ring (bicyclic) bond motifs is 6. The van der Waals surface area contributed by atoms with Crippen LogP contribution < -0.4 is 25.5 Å². The summed E-state index contributed by atoms with van der Waals surface area (Å²) in [6.45, 7) is 28.2. The second-order valence-electron chi connectivity index (χ2n) is 27.0. The largest absolute Gasteiger partial charge is 0.311 e. The van der Waals surface area contributed by atoms with Crippen molar-refractivity contribution in [1.82, 2.24) is 0 Å². The van der Waals surface area contributed by atoms with Crippen LogP contribution in [0.25, 0.3) is 75.8 Å². The number of anilines is 6. The van der Waals surface area contributed by atoms with E-state index in [2.05, 4.69) is 293 Å². The van der Waals surface area contributed by atoms with Gasteiger partial charge in [-0.3, -0.25) is 0 Å². The quantitative estimate of drug-likeness (QED) is 0.125. The van der Waals surface area contributed by atoms with Crippen molar-refractivity contribution in [2.24, 2.45) is 0 Å². The van der Waals surface area contributed by atoms with Gasteiger partial charge in [-0.1, -0.05) is 217 Å². The van der Waals surface area contributed by atoms with E-state index in [1.54, 1.807) is 0 Å². The van der Waals surface area contributed by atoms with E-state index in [0.717, 1.165) is 0 Å². The first kappa shape index (κ1) is 50.3. The highest BCUT2D eigenvalue weighted by Gasteiger charge is 2.47. The molecule has 2 nitrogen and oxygen atoms in total. The minimum absolute atomic E-state index is 0.0465. The summed E-state index contributed by atoms with van der Waals surface area (Å²) in [6.07, 6.45) is 0. The van der Waals surface area contributed by atoms with E-state index in [9.17, 15) is 0 Å². The predicted molar refractivity (Wildman–Crippen MR) is 351 cm³/mol. The summed E-state index contributed by atoms with van der Waals surface area (Å²) in [4.78, 5) is 5.39. The fourth-order valence-electron chi connectivity index (χ4n) is 13.1. The number of hydrogen-bond acceptors (Lipinski definition) is 3. The molecule has 392 valence electrons. The van der Waals surface area contributed by atoms with Crippen molar-refractivity contribution in [3.05, 3.63) is 222 Å². The van der Waals surface area contributed by atoms with Gasteiger partial charge in [0.2, 0.25) is 0 Å². The molecule has 0 saturated heterocycles. The summed E-state index contributed by atoms with van der Waals surface area (Å²) in [5, 5.41) is 9.09. The second kappa shape index (κ2) is 17.8. The molecule has 12 aromatic rings. The molecule has 2 aliphatic rings. The Morgan fingerprint density at radius 2 is 0.825 bits per heavy atom. The Morgan fingerprint density at radius 3 is 1.41 bits per heavy atom. The summed E-state index contributed by atoms with van der Waals surface area (Å²) in [5.74, 6) is 0. The van der Waals surface area contributed by atoms with E-state index >= 15 is 0 Å². The third-order valence-corrected chi connectivity index (χ3v) is 18.8.